The van der Waals surface area contributed by atoms with E-state index in [0.29, 0.717) is 24.6 Å². The van der Waals surface area contributed by atoms with Gasteiger partial charge in [0.1, 0.15) is 18.2 Å². The lowest BCUT2D eigenvalue weighted by atomic mass is 9.83. The standard InChI is InChI=1S/C34H50N6O7/c1-3-40-21-29(47-34(40)46)31(43)27(17-24-12-8-5-9-13-24)37-33(45)28(19-26-20-35-22-36-26)38-32(44)25(16-23-10-6-4-7-11-23)18-30(42)39(2)14-15-41/h4,6-7,10-11,20,22,24-25,27-29,31,41,43H,3,5,8-9,12-19,21H2,1-2H3,(H,35,36)(H,37,45)(H,38,44)/t25-,27+,28+,29+,31-/m1/s1. The number of carbonyl (C=O) groups is 4. The summed E-state index contributed by atoms with van der Waals surface area (Å²) in [6.07, 6.45) is 6.69. The van der Waals surface area contributed by atoms with E-state index in [0.717, 1.165) is 37.7 Å². The van der Waals surface area contributed by atoms with Crippen molar-refractivity contribution < 1.29 is 34.1 Å². The van der Waals surface area contributed by atoms with Crippen LogP contribution in [0.4, 0.5) is 4.79 Å². The third kappa shape index (κ3) is 10.5. The maximum Gasteiger partial charge on any atom is 0.410 e. The zero-order chi connectivity index (χ0) is 33.8. The molecule has 1 saturated heterocycles. The van der Waals surface area contributed by atoms with Gasteiger partial charge >= 0.3 is 6.09 Å². The molecule has 0 spiro atoms. The summed E-state index contributed by atoms with van der Waals surface area (Å²) < 4.78 is 5.50. The number of H-pyrrole nitrogens is 1. The number of aliphatic hydroxyl groups is 2. The minimum Gasteiger partial charge on any atom is -0.441 e. The predicted octanol–water partition coefficient (Wildman–Crippen LogP) is 1.79. The van der Waals surface area contributed by atoms with Crippen LogP contribution in [0.5, 0.6) is 0 Å². The highest BCUT2D eigenvalue weighted by Crippen LogP contribution is 2.29. The van der Waals surface area contributed by atoms with Crippen molar-refractivity contribution in [2.45, 2.75) is 89.0 Å². The molecule has 1 aromatic carbocycles. The molecule has 258 valence electrons. The fourth-order valence-electron chi connectivity index (χ4n) is 6.49. The molecule has 13 nitrogen and oxygen atoms in total. The molecular weight excluding hydrogens is 604 g/mol. The van der Waals surface area contributed by atoms with E-state index in [1.807, 2.05) is 37.3 Å². The Kier molecular flexibility index (Phi) is 13.6. The summed E-state index contributed by atoms with van der Waals surface area (Å²) in [6.45, 7) is 2.45. The molecule has 0 radical (unpaired) electrons. The van der Waals surface area contributed by atoms with Crippen LogP contribution in [0.3, 0.4) is 0 Å². The number of hydrogen-bond donors (Lipinski definition) is 5. The monoisotopic (exact) mass is 654 g/mol. The van der Waals surface area contributed by atoms with Crippen molar-refractivity contribution in [1.29, 1.82) is 0 Å². The highest BCUT2D eigenvalue weighted by molar-refractivity contribution is 5.91. The van der Waals surface area contributed by atoms with Gasteiger partial charge < -0.3 is 40.4 Å². The molecule has 4 rings (SSSR count). The zero-order valence-corrected chi connectivity index (χ0v) is 27.5. The number of aliphatic hydroxyl groups excluding tert-OH is 2. The van der Waals surface area contributed by atoms with E-state index in [-0.39, 0.29) is 44.9 Å². The number of amides is 4. The summed E-state index contributed by atoms with van der Waals surface area (Å²) in [6, 6.07) is 7.58. The van der Waals surface area contributed by atoms with Gasteiger partial charge in [0.05, 0.1) is 31.4 Å². The number of likely N-dealkylation sites (N-methyl/N-ethyl adjacent to an activating group) is 2. The molecule has 0 unspecified atom stereocenters. The van der Waals surface area contributed by atoms with Crippen LogP contribution in [-0.2, 0) is 32.0 Å². The van der Waals surface area contributed by atoms with Crippen molar-refractivity contribution in [2.75, 3.05) is 33.3 Å². The summed E-state index contributed by atoms with van der Waals surface area (Å²) in [5.41, 5.74) is 1.49. The molecular formula is C34H50N6O7. The lowest BCUT2D eigenvalue weighted by Crippen LogP contribution is -2.57. The largest absolute Gasteiger partial charge is 0.441 e. The van der Waals surface area contributed by atoms with E-state index in [4.69, 9.17) is 4.74 Å². The van der Waals surface area contributed by atoms with E-state index >= 15 is 0 Å². The van der Waals surface area contributed by atoms with E-state index in [9.17, 15) is 29.4 Å². The Bertz CT molecular complexity index is 1290. The van der Waals surface area contributed by atoms with E-state index in [1.165, 1.54) is 16.1 Å². The number of aromatic nitrogens is 2. The van der Waals surface area contributed by atoms with Crippen molar-refractivity contribution in [1.82, 2.24) is 30.4 Å². The normalized spacial score (nSPS) is 19.4. The minimum atomic E-state index is -1.14. The van der Waals surface area contributed by atoms with Gasteiger partial charge in [-0.3, -0.25) is 14.4 Å². The topological polar surface area (TPSA) is 177 Å². The van der Waals surface area contributed by atoms with E-state index in [2.05, 4.69) is 20.6 Å². The molecule has 1 aliphatic carbocycles. The van der Waals surface area contributed by atoms with Crippen molar-refractivity contribution in [3.05, 3.63) is 54.1 Å². The van der Waals surface area contributed by atoms with Crippen molar-refractivity contribution in [3.63, 3.8) is 0 Å². The maximum atomic E-state index is 14.1. The second-order valence-electron chi connectivity index (χ2n) is 12.8. The Morgan fingerprint density at radius 3 is 2.49 bits per heavy atom. The van der Waals surface area contributed by atoms with Crippen molar-refractivity contribution in [3.8, 4) is 0 Å². The quantitative estimate of drug-likeness (QED) is 0.171. The molecule has 13 heteroatoms. The molecule has 1 aromatic heterocycles. The second-order valence-corrected chi connectivity index (χ2v) is 12.8. The van der Waals surface area contributed by atoms with Crippen LogP contribution in [0, 0.1) is 11.8 Å². The molecule has 2 heterocycles. The molecule has 2 fully saturated rings. The second kappa shape index (κ2) is 17.8. The number of carbonyl (C=O) groups excluding carboxylic acids is 4. The number of aromatic amines is 1. The van der Waals surface area contributed by atoms with Gasteiger partial charge in [0.2, 0.25) is 17.7 Å². The molecule has 1 saturated carbocycles. The third-order valence-corrected chi connectivity index (χ3v) is 9.32. The Morgan fingerprint density at radius 1 is 1.11 bits per heavy atom. The van der Waals surface area contributed by atoms with Gasteiger partial charge in [0.15, 0.2) is 0 Å². The first-order valence-electron chi connectivity index (χ1n) is 16.8. The minimum absolute atomic E-state index is 0.0995. The van der Waals surface area contributed by atoms with Gasteiger partial charge in [-0.05, 0) is 31.2 Å². The molecule has 4 amide bonds. The highest BCUT2D eigenvalue weighted by Gasteiger charge is 2.41. The van der Waals surface area contributed by atoms with Gasteiger partial charge in [0, 0.05) is 44.9 Å². The van der Waals surface area contributed by atoms with Gasteiger partial charge in [0.25, 0.3) is 0 Å². The highest BCUT2D eigenvalue weighted by atomic mass is 16.6. The number of hydrogen-bond acceptors (Lipinski definition) is 8. The first-order chi connectivity index (χ1) is 22.7. The van der Waals surface area contributed by atoms with E-state index in [1.54, 1.807) is 13.2 Å². The molecule has 5 N–H and O–H groups in total. The number of nitrogens with one attached hydrogen (secondary N) is 3. The average molecular weight is 655 g/mol. The van der Waals surface area contributed by atoms with Crippen LogP contribution in [0.25, 0.3) is 0 Å². The summed E-state index contributed by atoms with van der Waals surface area (Å²) in [7, 11) is 1.57. The van der Waals surface area contributed by atoms with Crippen LogP contribution in [0.1, 0.15) is 63.1 Å². The zero-order valence-electron chi connectivity index (χ0n) is 27.5. The lowest BCUT2D eigenvalue weighted by Gasteiger charge is -2.33. The molecule has 2 aliphatic rings. The third-order valence-electron chi connectivity index (χ3n) is 9.32. The van der Waals surface area contributed by atoms with Gasteiger partial charge in [-0.25, -0.2) is 9.78 Å². The Balaban J connectivity index is 1.55. The molecule has 47 heavy (non-hydrogen) atoms. The van der Waals surface area contributed by atoms with Crippen molar-refractivity contribution in [2.24, 2.45) is 11.8 Å². The number of nitrogens with zero attached hydrogens (tertiary/aromatic N) is 3. The van der Waals surface area contributed by atoms with Crippen LogP contribution < -0.4 is 10.6 Å². The first kappa shape index (κ1) is 35.9. The summed E-state index contributed by atoms with van der Waals surface area (Å²) >= 11 is 0. The maximum absolute atomic E-state index is 14.1. The lowest BCUT2D eigenvalue weighted by molar-refractivity contribution is -0.137. The van der Waals surface area contributed by atoms with Crippen LogP contribution in [0.15, 0.2) is 42.9 Å². The predicted molar refractivity (Wildman–Crippen MR) is 174 cm³/mol. The summed E-state index contributed by atoms with van der Waals surface area (Å²) in [5.74, 6) is -1.75. The molecule has 5 atom stereocenters. The fraction of sp³-hybridized carbons (Fsp3) is 0.618. The number of cyclic esters (lactones) is 1. The Morgan fingerprint density at radius 2 is 1.85 bits per heavy atom. The first-order valence-corrected chi connectivity index (χ1v) is 16.8. The summed E-state index contributed by atoms with van der Waals surface area (Å²) in [4.78, 5) is 63.2. The summed E-state index contributed by atoms with van der Waals surface area (Å²) in [5, 5.41) is 26.7. The van der Waals surface area contributed by atoms with Crippen LogP contribution >= 0.6 is 0 Å². The van der Waals surface area contributed by atoms with Crippen LogP contribution in [0.2, 0.25) is 0 Å². The molecule has 0 bridgehead atoms. The molecule has 1 aliphatic heterocycles. The van der Waals surface area contributed by atoms with Gasteiger partial charge in [-0.2, -0.15) is 0 Å². The SMILES string of the molecule is CCN1C[C@@H]([C@H](O)[C@H](CC2CCCCC2)NC(=O)[C@H](Cc2cnc[nH]2)NC(=O)[C@@H](CC(=O)N(C)CCO)Cc2ccccc2)OC1=O. The number of benzene rings is 1. The number of imidazole rings is 1. The van der Waals surface area contributed by atoms with Crippen molar-refractivity contribution >= 4 is 23.8 Å². The number of ether oxygens (including phenoxy) is 1. The number of rotatable bonds is 17. The van der Waals surface area contributed by atoms with Gasteiger partial charge in [-0.15, -0.1) is 0 Å². The Hall–Kier alpha value is -3.97. The fourth-order valence-corrected chi connectivity index (χ4v) is 6.49. The van der Waals surface area contributed by atoms with Gasteiger partial charge in [-0.1, -0.05) is 62.4 Å². The smallest absolute Gasteiger partial charge is 0.410 e. The van der Waals surface area contributed by atoms with E-state index < -0.39 is 48.1 Å². The Labute approximate surface area is 276 Å². The molecule has 2 aromatic rings. The average Bonchev–Trinajstić information content (AvgIpc) is 3.73. The van der Waals surface area contributed by atoms with Crippen LogP contribution in [-0.4, -0.2) is 111 Å².